The van der Waals surface area contributed by atoms with Gasteiger partial charge in [0.2, 0.25) is 5.91 Å². The molecular formula is C21H22FN3O2. The maximum atomic E-state index is 13.0. The van der Waals surface area contributed by atoms with E-state index in [2.05, 4.69) is 12.2 Å². The first-order valence-electron chi connectivity index (χ1n) is 8.95. The molecule has 5 nitrogen and oxygen atoms in total. The molecule has 1 heterocycles. The first kappa shape index (κ1) is 18.6. The van der Waals surface area contributed by atoms with Crippen molar-refractivity contribution in [1.82, 2.24) is 4.57 Å². The molecule has 0 aliphatic rings. The van der Waals surface area contributed by atoms with Gasteiger partial charge in [0, 0.05) is 23.1 Å². The maximum Gasteiger partial charge on any atom is 0.265 e. The molecule has 0 aliphatic heterocycles. The van der Waals surface area contributed by atoms with Crippen molar-refractivity contribution in [3.63, 3.8) is 0 Å². The van der Waals surface area contributed by atoms with E-state index < -0.39 is 5.91 Å². The van der Waals surface area contributed by atoms with Gasteiger partial charge in [-0.05, 0) is 48.4 Å². The van der Waals surface area contributed by atoms with Crippen LogP contribution in [0.1, 0.15) is 35.8 Å². The van der Waals surface area contributed by atoms with Crippen LogP contribution in [0.25, 0.3) is 10.9 Å². The van der Waals surface area contributed by atoms with E-state index >= 15 is 0 Å². The van der Waals surface area contributed by atoms with Crippen molar-refractivity contribution < 1.29 is 14.0 Å². The Morgan fingerprint density at radius 2 is 1.85 bits per heavy atom. The monoisotopic (exact) mass is 367 g/mol. The van der Waals surface area contributed by atoms with Crippen LogP contribution in [0.5, 0.6) is 0 Å². The molecule has 2 amide bonds. The fourth-order valence-corrected chi connectivity index (χ4v) is 3.10. The number of anilines is 1. The molecule has 0 unspecified atom stereocenters. The molecule has 3 aromatic rings. The topological polar surface area (TPSA) is 77.1 Å². The molecule has 3 N–H and O–H groups in total. The number of carbonyl (C=O) groups excluding carboxylic acids is 2. The number of halogens is 1. The van der Waals surface area contributed by atoms with E-state index in [1.807, 2.05) is 16.7 Å². The summed E-state index contributed by atoms with van der Waals surface area (Å²) in [6, 6.07) is 13.1. The van der Waals surface area contributed by atoms with Crippen LogP contribution < -0.4 is 11.1 Å². The minimum atomic E-state index is -0.468. The Bertz CT molecular complexity index is 977. The Labute approximate surface area is 157 Å². The Morgan fingerprint density at radius 1 is 1.11 bits per heavy atom. The first-order chi connectivity index (χ1) is 13.0. The molecule has 2 aromatic carbocycles. The van der Waals surface area contributed by atoms with Gasteiger partial charge in [-0.25, -0.2) is 4.39 Å². The molecule has 0 radical (unpaired) electrons. The van der Waals surface area contributed by atoms with Crippen LogP contribution in [0.3, 0.4) is 0 Å². The van der Waals surface area contributed by atoms with E-state index in [0.717, 1.165) is 29.3 Å². The predicted molar refractivity (Wildman–Crippen MR) is 104 cm³/mol. The predicted octanol–water partition coefficient (Wildman–Crippen LogP) is 3.86. The zero-order valence-electron chi connectivity index (χ0n) is 15.2. The third-order valence-corrected chi connectivity index (χ3v) is 4.45. The second kappa shape index (κ2) is 8.03. The van der Waals surface area contributed by atoms with Gasteiger partial charge in [-0.2, -0.15) is 0 Å². The van der Waals surface area contributed by atoms with Crippen molar-refractivity contribution in [3.05, 3.63) is 65.6 Å². The minimum absolute atomic E-state index is 0.155. The smallest absolute Gasteiger partial charge is 0.265 e. The average Bonchev–Trinajstić information content (AvgIpc) is 3.00. The summed E-state index contributed by atoms with van der Waals surface area (Å²) in [6.07, 6.45) is 2.11. The highest BCUT2D eigenvalue weighted by Gasteiger charge is 2.14. The third kappa shape index (κ3) is 4.34. The fourth-order valence-electron chi connectivity index (χ4n) is 3.10. The van der Waals surface area contributed by atoms with E-state index in [4.69, 9.17) is 5.73 Å². The van der Waals surface area contributed by atoms with Gasteiger partial charge in [0.25, 0.3) is 5.91 Å². The number of nitrogens with zero attached hydrogens (tertiary/aromatic N) is 1. The number of hydrogen-bond acceptors (Lipinski definition) is 2. The van der Waals surface area contributed by atoms with E-state index in [1.54, 1.807) is 24.3 Å². The summed E-state index contributed by atoms with van der Waals surface area (Å²) in [5, 5.41) is 3.69. The number of fused-ring (bicyclic) bond motifs is 1. The molecule has 0 saturated heterocycles. The number of rotatable bonds is 7. The number of primary amides is 1. The molecule has 3 rings (SSSR count). The van der Waals surface area contributed by atoms with Crippen molar-refractivity contribution in [3.8, 4) is 0 Å². The summed E-state index contributed by atoms with van der Waals surface area (Å²) >= 11 is 0. The molecule has 0 bridgehead atoms. The van der Waals surface area contributed by atoms with Crippen LogP contribution in [0.15, 0.2) is 48.5 Å². The Morgan fingerprint density at radius 3 is 2.52 bits per heavy atom. The minimum Gasteiger partial charge on any atom is -0.364 e. The van der Waals surface area contributed by atoms with E-state index in [9.17, 15) is 14.0 Å². The standard InChI is InChI=1S/C21H22FN3O2/c1-2-3-10-25-18-9-8-17(12-15(18)13-19(25)21(23)27)24-20(26)11-14-4-6-16(22)7-5-14/h4-9,12-13H,2-3,10-11H2,1H3,(H2,23,27)(H,24,26). The zero-order valence-corrected chi connectivity index (χ0v) is 15.2. The normalized spacial score (nSPS) is 10.9. The number of benzene rings is 2. The van der Waals surface area contributed by atoms with Crippen LogP contribution in [-0.4, -0.2) is 16.4 Å². The van der Waals surface area contributed by atoms with Gasteiger partial charge in [0.05, 0.1) is 6.42 Å². The van der Waals surface area contributed by atoms with Crippen LogP contribution in [0.2, 0.25) is 0 Å². The SMILES string of the molecule is CCCCn1c(C(N)=O)cc2cc(NC(=O)Cc3ccc(F)cc3)ccc21. The van der Waals surface area contributed by atoms with Gasteiger partial charge in [0.1, 0.15) is 11.5 Å². The number of hydrogen-bond donors (Lipinski definition) is 2. The Kier molecular flexibility index (Phi) is 5.54. The van der Waals surface area contributed by atoms with Gasteiger partial charge >= 0.3 is 0 Å². The van der Waals surface area contributed by atoms with Crippen LogP contribution >= 0.6 is 0 Å². The summed E-state index contributed by atoms with van der Waals surface area (Å²) in [5.41, 5.74) is 8.26. The Balaban J connectivity index is 1.80. The van der Waals surface area contributed by atoms with Gasteiger partial charge in [-0.15, -0.1) is 0 Å². The van der Waals surface area contributed by atoms with Gasteiger partial charge in [0.15, 0.2) is 0 Å². The van der Waals surface area contributed by atoms with Gasteiger partial charge in [-0.1, -0.05) is 25.5 Å². The molecular weight excluding hydrogens is 345 g/mol. The summed E-state index contributed by atoms with van der Waals surface area (Å²) in [7, 11) is 0. The number of nitrogens with two attached hydrogens (primary N) is 1. The number of carbonyl (C=O) groups is 2. The summed E-state index contributed by atoms with van der Waals surface area (Å²) < 4.78 is 14.9. The van der Waals surface area contributed by atoms with E-state index in [0.29, 0.717) is 17.9 Å². The summed E-state index contributed by atoms with van der Waals surface area (Å²) in [5.74, 6) is -0.992. The number of amides is 2. The number of unbranched alkanes of at least 4 members (excludes halogenated alkanes) is 1. The van der Waals surface area contributed by atoms with Crippen molar-refractivity contribution in [2.75, 3.05) is 5.32 Å². The average molecular weight is 367 g/mol. The zero-order chi connectivity index (χ0) is 19.4. The molecule has 6 heteroatoms. The molecule has 140 valence electrons. The van der Waals surface area contributed by atoms with E-state index in [-0.39, 0.29) is 18.1 Å². The lowest BCUT2D eigenvalue weighted by Crippen LogP contribution is -2.16. The van der Waals surface area contributed by atoms with E-state index in [1.165, 1.54) is 12.1 Å². The Hall–Kier alpha value is -3.15. The van der Waals surface area contributed by atoms with Crippen molar-refractivity contribution in [2.45, 2.75) is 32.7 Å². The second-order valence-electron chi connectivity index (χ2n) is 6.52. The molecule has 1 aromatic heterocycles. The number of nitrogens with one attached hydrogen (secondary N) is 1. The van der Waals surface area contributed by atoms with Crippen molar-refractivity contribution in [2.24, 2.45) is 5.73 Å². The van der Waals surface area contributed by atoms with Crippen LogP contribution in [-0.2, 0) is 17.8 Å². The molecule has 0 saturated carbocycles. The fraction of sp³-hybridized carbons (Fsp3) is 0.238. The van der Waals surface area contributed by atoms with Crippen LogP contribution in [0.4, 0.5) is 10.1 Å². The first-order valence-corrected chi connectivity index (χ1v) is 8.95. The highest BCUT2D eigenvalue weighted by molar-refractivity contribution is 6.00. The van der Waals surface area contributed by atoms with Gasteiger partial charge in [-0.3, -0.25) is 9.59 Å². The largest absolute Gasteiger partial charge is 0.364 e. The molecule has 0 spiro atoms. The lowest BCUT2D eigenvalue weighted by atomic mass is 10.1. The van der Waals surface area contributed by atoms with Crippen molar-refractivity contribution in [1.29, 1.82) is 0 Å². The number of aryl methyl sites for hydroxylation is 1. The second-order valence-corrected chi connectivity index (χ2v) is 6.52. The highest BCUT2D eigenvalue weighted by atomic mass is 19.1. The van der Waals surface area contributed by atoms with Gasteiger partial charge < -0.3 is 15.6 Å². The van der Waals surface area contributed by atoms with Crippen LogP contribution in [0, 0.1) is 5.82 Å². The third-order valence-electron chi connectivity index (χ3n) is 4.45. The molecule has 0 fully saturated rings. The summed E-state index contributed by atoms with van der Waals surface area (Å²) in [4.78, 5) is 24.0. The number of aromatic nitrogens is 1. The highest BCUT2D eigenvalue weighted by Crippen LogP contribution is 2.24. The molecule has 0 aliphatic carbocycles. The molecule has 0 atom stereocenters. The lowest BCUT2D eigenvalue weighted by Gasteiger charge is -2.09. The molecule has 27 heavy (non-hydrogen) atoms. The maximum absolute atomic E-state index is 13.0. The quantitative estimate of drug-likeness (QED) is 0.665. The summed E-state index contributed by atoms with van der Waals surface area (Å²) in [6.45, 7) is 2.80. The lowest BCUT2D eigenvalue weighted by molar-refractivity contribution is -0.115. The van der Waals surface area contributed by atoms with Crippen molar-refractivity contribution >= 4 is 28.4 Å².